The zero-order valence-corrected chi connectivity index (χ0v) is 11.3. The highest BCUT2D eigenvalue weighted by atomic mass is 32.2. The number of hydrogen-bond acceptors (Lipinski definition) is 3. The summed E-state index contributed by atoms with van der Waals surface area (Å²) in [6, 6.07) is 0. The predicted octanol–water partition coefficient (Wildman–Crippen LogP) is 0.635. The van der Waals surface area contributed by atoms with E-state index in [1.165, 1.54) is 0 Å². The molecule has 3 N–H and O–H groups in total. The average Bonchev–Trinajstić information content (AvgIpc) is 2.23. The first-order chi connectivity index (χ1) is 7.47. The summed E-state index contributed by atoms with van der Waals surface area (Å²) >= 11 is 0. The summed E-state index contributed by atoms with van der Waals surface area (Å²) < 4.78 is 11.1. The van der Waals surface area contributed by atoms with Crippen LogP contribution in [0.25, 0.3) is 0 Å². The molecule has 0 aromatic heterocycles. The molecule has 0 rings (SSSR count). The van der Waals surface area contributed by atoms with Crippen molar-refractivity contribution >= 4 is 16.7 Å². The van der Waals surface area contributed by atoms with E-state index in [2.05, 4.69) is 12.2 Å². The monoisotopic (exact) mass is 248 g/mol. The molecule has 16 heavy (non-hydrogen) atoms. The summed E-state index contributed by atoms with van der Waals surface area (Å²) in [5.41, 5.74) is 5.43. The van der Waals surface area contributed by atoms with Crippen molar-refractivity contribution in [1.82, 2.24) is 5.32 Å². The van der Waals surface area contributed by atoms with Crippen molar-refractivity contribution in [1.29, 1.82) is 0 Å². The Kier molecular flexibility index (Phi) is 8.47. The van der Waals surface area contributed by atoms with E-state index in [9.17, 15) is 9.00 Å². The standard InChI is InChI=1S/C11H24N2O2S/c1-9(6-7-12)4-5-11(14)13-8-10(2)16(3)15/h9-10H,4-8,12H2,1-3H3,(H,13,14). The zero-order chi connectivity index (χ0) is 12.6. The van der Waals surface area contributed by atoms with Gasteiger partial charge in [0, 0.05) is 35.3 Å². The van der Waals surface area contributed by atoms with Gasteiger partial charge in [0.05, 0.1) is 0 Å². The SMILES string of the molecule is CC(CCN)CCC(=O)NCC(C)S(C)=O. The van der Waals surface area contributed by atoms with Gasteiger partial charge in [0.15, 0.2) is 0 Å². The molecule has 5 heteroatoms. The van der Waals surface area contributed by atoms with Gasteiger partial charge in [0.1, 0.15) is 0 Å². The van der Waals surface area contributed by atoms with E-state index in [1.807, 2.05) is 6.92 Å². The van der Waals surface area contributed by atoms with E-state index in [-0.39, 0.29) is 11.2 Å². The van der Waals surface area contributed by atoms with Crippen LogP contribution < -0.4 is 11.1 Å². The molecule has 0 aromatic carbocycles. The molecule has 4 nitrogen and oxygen atoms in total. The summed E-state index contributed by atoms with van der Waals surface area (Å²) in [7, 11) is -0.874. The number of nitrogens with one attached hydrogen (secondary N) is 1. The van der Waals surface area contributed by atoms with Gasteiger partial charge in [-0.3, -0.25) is 9.00 Å². The topological polar surface area (TPSA) is 72.2 Å². The third-order valence-electron chi connectivity index (χ3n) is 2.68. The minimum Gasteiger partial charge on any atom is -0.355 e. The third kappa shape index (κ3) is 7.82. The van der Waals surface area contributed by atoms with Crippen LogP contribution in [-0.2, 0) is 15.6 Å². The summed E-state index contributed by atoms with van der Waals surface area (Å²) in [5, 5.41) is 2.82. The third-order valence-corrected chi connectivity index (χ3v) is 3.98. The highest BCUT2D eigenvalue weighted by Crippen LogP contribution is 2.08. The first-order valence-corrected chi connectivity index (χ1v) is 7.38. The Labute approximate surface area is 101 Å². The molecule has 0 aliphatic carbocycles. The van der Waals surface area contributed by atoms with Gasteiger partial charge in [0.25, 0.3) is 0 Å². The number of rotatable bonds is 8. The fourth-order valence-electron chi connectivity index (χ4n) is 1.27. The van der Waals surface area contributed by atoms with E-state index >= 15 is 0 Å². The van der Waals surface area contributed by atoms with Gasteiger partial charge < -0.3 is 11.1 Å². The Balaban J connectivity index is 3.63. The molecule has 0 radical (unpaired) electrons. The van der Waals surface area contributed by atoms with Gasteiger partial charge >= 0.3 is 0 Å². The van der Waals surface area contributed by atoms with E-state index in [0.717, 1.165) is 12.8 Å². The van der Waals surface area contributed by atoms with E-state index in [4.69, 9.17) is 5.73 Å². The maximum absolute atomic E-state index is 11.4. The Morgan fingerprint density at radius 2 is 2.00 bits per heavy atom. The van der Waals surface area contributed by atoms with Crippen molar-refractivity contribution in [2.24, 2.45) is 11.7 Å². The van der Waals surface area contributed by atoms with Gasteiger partial charge in [-0.15, -0.1) is 0 Å². The molecule has 0 heterocycles. The summed E-state index contributed by atoms with van der Waals surface area (Å²) in [5.74, 6) is 0.537. The molecule has 96 valence electrons. The van der Waals surface area contributed by atoms with E-state index in [1.54, 1.807) is 6.26 Å². The Morgan fingerprint density at radius 3 is 2.50 bits per heavy atom. The van der Waals surface area contributed by atoms with E-state index in [0.29, 0.717) is 25.4 Å². The molecule has 0 aliphatic rings. The molecule has 0 aromatic rings. The van der Waals surface area contributed by atoms with Crippen molar-refractivity contribution in [3.63, 3.8) is 0 Å². The molecule has 0 aliphatic heterocycles. The smallest absolute Gasteiger partial charge is 0.220 e. The fraction of sp³-hybridized carbons (Fsp3) is 0.909. The first-order valence-electron chi connectivity index (χ1n) is 5.76. The highest BCUT2D eigenvalue weighted by molar-refractivity contribution is 7.84. The first kappa shape index (κ1) is 15.6. The van der Waals surface area contributed by atoms with Crippen LogP contribution in [0.2, 0.25) is 0 Å². The maximum Gasteiger partial charge on any atom is 0.220 e. The van der Waals surface area contributed by atoms with Gasteiger partial charge in [-0.1, -0.05) is 6.92 Å². The lowest BCUT2D eigenvalue weighted by Gasteiger charge is -2.12. The molecule has 0 saturated carbocycles. The van der Waals surface area contributed by atoms with Crippen LogP contribution in [0.3, 0.4) is 0 Å². The van der Waals surface area contributed by atoms with Gasteiger partial charge in [-0.2, -0.15) is 0 Å². The van der Waals surface area contributed by atoms with E-state index < -0.39 is 10.8 Å². The Bertz CT molecular complexity index is 234. The van der Waals surface area contributed by atoms with Crippen molar-refractivity contribution in [3.05, 3.63) is 0 Å². The number of amides is 1. The van der Waals surface area contributed by atoms with Crippen LogP contribution in [0, 0.1) is 5.92 Å². The lowest BCUT2D eigenvalue weighted by Crippen LogP contribution is -2.32. The molecule has 0 bridgehead atoms. The largest absolute Gasteiger partial charge is 0.355 e. The Hall–Kier alpha value is -0.420. The minimum absolute atomic E-state index is 0.0189. The second-order valence-corrected chi connectivity index (χ2v) is 6.14. The van der Waals surface area contributed by atoms with Crippen LogP contribution in [0.5, 0.6) is 0 Å². The number of carbonyl (C=O) groups excluding carboxylic acids is 1. The summed E-state index contributed by atoms with van der Waals surface area (Å²) in [4.78, 5) is 11.4. The van der Waals surface area contributed by atoms with Crippen LogP contribution in [0.15, 0.2) is 0 Å². The van der Waals surface area contributed by atoms with Crippen LogP contribution in [0.1, 0.15) is 33.1 Å². The number of carbonyl (C=O) groups is 1. The summed E-state index contributed by atoms with van der Waals surface area (Å²) in [6.45, 7) is 5.14. The lowest BCUT2D eigenvalue weighted by molar-refractivity contribution is -0.121. The number of nitrogens with two attached hydrogens (primary N) is 1. The molecular formula is C11H24N2O2S. The van der Waals surface area contributed by atoms with Crippen molar-refractivity contribution in [3.8, 4) is 0 Å². The average molecular weight is 248 g/mol. The van der Waals surface area contributed by atoms with Gasteiger partial charge in [-0.25, -0.2) is 0 Å². The van der Waals surface area contributed by atoms with Crippen molar-refractivity contribution in [2.45, 2.75) is 38.4 Å². The minimum atomic E-state index is -0.874. The lowest BCUT2D eigenvalue weighted by atomic mass is 10.0. The predicted molar refractivity (Wildman–Crippen MR) is 68.6 cm³/mol. The van der Waals surface area contributed by atoms with Crippen LogP contribution in [0.4, 0.5) is 0 Å². The molecule has 3 unspecified atom stereocenters. The quantitative estimate of drug-likeness (QED) is 0.662. The van der Waals surface area contributed by atoms with Gasteiger partial charge in [0.2, 0.25) is 5.91 Å². The zero-order valence-electron chi connectivity index (χ0n) is 10.5. The second kappa shape index (κ2) is 8.70. The second-order valence-electron chi connectivity index (χ2n) is 4.33. The van der Waals surface area contributed by atoms with Crippen LogP contribution in [-0.4, -0.2) is 34.7 Å². The molecule has 0 spiro atoms. The summed E-state index contributed by atoms with van der Waals surface area (Å²) in [6.07, 6.45) is 4.01. The molecule has 0 saturated heterocycles. The van der Waals surface area contributed by atoms with Crippen molar-refractivity contribution in [2.75, 3.05) is 19.3 Å². The Morgan fingerprint density at radius 1 is 1.38 bits per heavy atom. The molecule has 1 amide bonds. The maximum atomic E-state index is 11.4. The highest BCUT2D eigenvalue weighted by Gasteiger charge is 2.09. The normalized spacial score (nSPS) is 16.5. The molecular weight excluding hydrogens is 224 g/mol. The molecule has 3 atom stereocenters. The molecule has 0 fully saturated rings. The van der Waals surface area contributed by atoms with Crippen LogP contribution >= 0.6 is 0 Å². The number of hydrogen-bond donors (Lipinski definition) is 2. The van der Waals surface area contributed by atoms with Gasteiger partial charge in [-0.05, 0) is 32.2 Å². The fourth-order valence-corrected chi connectivity index (χ4v) is 1.59. The van der Waals surface area contributed by atoms with Crippen molar-refractivity contribution < 1.29 is 9.00 Å².